The van der Waals surface area contributed by atoms with Crippen LogP contribution in [-0.4, -0.2) is 37.3 Å². The number of hydrogen-bond acceptors (Lipinski definition) is 6. The molecule has 0 unspecified atom stereocenters. The fraction of sp³-hybridized carbons (Fsp3) is 0.375. The molecule has 0 aliphatic heterocycles. The summed E-state index contributed by atoms with van der Waals surface area (Å²) in [7, 11) is 4.34. The molecule has 0 atom stereocenters. The van der Waals surface area contributed by atoms with Crippen molar-refractivity contribution in [1.29, 1.82) is 0 Å². The van der Waals surface area contributed by atoms with E-state index in [1.807, 2.05) is 22.6 Å². The molecule has 0 saturated heterocycles. The molecule has 0 aliphatic rings. The van der Waals surface area contributed by atoms with Crippen LogP contribution >= 0.6 is 22.6 Å². The molecule has 16 heavy (non-hydrogen) atoms. The lowest BCUT2D eigenvalue weighted by Crippen LogP contribution is -2.23. The van der Waals surface area contributed by atoms with Crippen molar-refractivity contribution in [2.24, 2.45) is 0 Å². The Morgan fingerprint density at radius 3 is 2.12 bits per heavy atom. The summed E-state index contributed by atoms with van der Waals surface area (Å²) < 4.78 is 15.4. The third-order valence-corrected chi connectivity index (χ3v) is 2.47. The van der Waals surface area contributed by atoms with Crippen LogP contribution in [0.5, 0.6) is 17.8 Å². The van der Waals surface area contributed by atoms with Gasteiger partial charge in [0.1, 0.15) is 3.57 Å². The summed E-state index contributed by atoms with van der Waals surface area (Å²) in [5, 5.41) is 2.28. The van der Waals surface area contributed by atoms with Crippen molar-refractivity contribution in [2.45, 2.75) is 0 Å². The molecule has 1 amide bonds. The van der Waals surface area contributed by atoms with Crippen LogP contribution in [0.4, 0.5) is 4.79 Å². The number of methoxy groups -OCH3 is 2. The zero-order valence-corrected chi connectivity index (χ0v) is 11.1. The first-order chi connectivity index (χ1) is 7.62. The number of carbonyl (C=O) groups excluding carboxylic acids is 1. The van der Waals surface area contributed by atoms with E-state index in [1.165, 1.54) is 21.3 Å². The first kappa shape index (κ1) is 12.7. The van der Waals surface area contributed by atoms with Crippen LogP contribution in [0.3, 0.4) is 0 Å². The van der Waals surface area contributed by atoms with Gasteiger partial charge in [-0.3, -0.25) is 0 Å². The Labute approximate surface area is 106 Å². The number of nitrogens with zero attached hydrogens (tertiary/aromatic N) is 2. The van der Waals surface area contributed by atoms with Crippen LogP contribution in [0.15, 0.2) is 0 Å². The highest BCUT2D eigenvalue weighted by Crippen LogP contribution is 2.28. The van der Waals surface area contributed by atoms with Crippen molar-refractivity contribution in [3.63, 3.8) is 0 Å². The quantitative estimate of drug-likeness (QED) is 0.821. The molecule has 0 radical (unpaired) electrons. The predicted molar refractivity (Wildman–Crippen MR) is 62.9 cm³/mol. The van der Waals surface area contributed by atoms with E-state index in [0.29, 0.717) is 3.57 Å². The minimum absolute atomic E-state index is 0.131. The Bertz CT molecular complexity index is 374. The van der Waals surface area contributed by atoms with Crippen LogP contribution in [0.25, 0.3) is 0 Å². The molecule has 0 saturated carbocycles. The second-order valence-corrected chi connectivity index (χ2v) is 3.56. The van der Waals surface area contributed by atoms with Gasteiger partial charge in [0.15, 0.2) is 0 Å². The Balaban J connectivity index is 3.06. The molecule has 0 spiro atoms. The summed E-state index contributed by atoms with van der Waals surface area (Å²) in [6, 6.07) is -0.131. The first-order valence-corrected chi connectivity index (χ1v) is 5.25. The van der Waals surface area contributed by atoms with E-state index in [0.717, 1.165) is 0 Å². The van der Waals surface area contributed by atoms with E-state index in [-0.39, 0.29) is 17.8 Å². The summed E-state index contributed by atoms with van der Waals surface area (Å²) in [6.07, 6.45) is -0.662. The maximum absolute atomic E-state index is 11.0. The van der Waals surface area contributed by atoms with E-state index in [9.17, 15) is 4.79 Å². The fourth-order valence-corrected chi connectivity index (χ4v) is 1.52. The zero-order valence-electron chi connectivity index (χ0n) is 8.91. The Hall–Kier alpha value is -1.32. The van der Waals surface area contributed by atoms with Crippen molar-refractivity contribution in [1.82, 2.24) is 15.3 Å². The lowest BCUT2D eigenvalue weighted by atomic mass is 10.6. The maximum atomic E-state index is 11.0. The molecule has 88 valence electrons. The average molecular weight is 339 g/mol. The molecule has 7 nitrogen and oxygen atoms in total. The Morgan fingerprint density at radius 2 is 1.75 bits per heavy atom. The fourth-order valence-electron chi connectivity index (χ4n) is 0.838. The van der Waals surface area contributed by atoms with Crippen LogP contribution in [0.1, 0.15) is 0 Å². The van der Waals surface area contributed by atoms with Crippen molar-refractivity contribution in [2.75, 3.05) is 21.3 Å². The normalized spacial score (nSPS) is 9.50. The predicted octanol–water partition coefficient (Wildman–Crippen LogP) is 0.817. The van der Waals surface area contributed by atoms with Gasteiger partial charge in [-0.25, -0.2) is 4.79 Å². The summed E-state index contributed by atoms with van der Waals surface area (Å²) in [5.74, 6) is 0.567. The van der Waals surface area contributed by atoms with Gasteiger partial charge >= 0.3 is 12.1 Å². The number of halogens is 1. The number of ether oxygens (including phenoxy) is 3. The van der Waals surface area contributed by atoms with Gasteiger partial charge in [-0.15, -0.1) is 0 Å². The highest BCUT2D eigenvalue weighted by Gasteiger charge is 2.15. The molecule has 1 heterocycles. The van der Waals surface area contributed by atoms with Crippen LogP contribution in [0.2, 0.25) is 0 Å². The van der Waals surface area contributed by atoms with E-state index >= 15 is 0 Å². The van der Waals surface area contributed by atoms with Gasteiger partial charge in [0.05, 0.1) is 14.2 Å². The number of nitrogens with one attached hydrogen (secondary N) is 1. The summed E-state index contributed by atoms with van der Waals surface area (Å²) in [5.41, 5.74) is 0. The molecule has 8 heteroatoms. The minimum atomic E-state index is -0.662. The molecule has 0 aromatic carbocycles. The second-order valence-electron chi connectivity index (χ2n) is 2.48. The van der Waals surface area contributed by atoms with Gasteiger partial charge in [0.25, 0.3) is 0 Å². The van der Waals surface area contributed by atoms with Gasteiger partial charge in [-0.1, -0.05) is 0 Å². The van der Waals surface area contributed by atoms with Crippen LogP contribution in [-0.2, 0) is 0 Å². The SMILES string of the molecule is CNC(=O)Oc1nc(OC)c(I)c(OC)n1. The van der Waals surface area contributed by atoms with Gasteiger partial charge in [0.2, 0.25) is 11.8 Å². The van der Waals surface area contributed by atoms with E-state index in [2.05, 4.69) is 15.3 Å². The minimum Gasteiger partial charge on any atom is -0.480 e. The third-order valence-electron chi connectivity index (χ3n) is 1.54. The molecule has 1 N–H and O–H groups in total. The average Bonchev–Trinajstić information content (AvgIpc) is 2.30. The highest BCUT2D eigenvalue weighted by atomic mass is 127. The lowest BCUT2D eigenvalue weighted by Gasteiger charge is -2.08. The Kier molecular flexibility index (Phi) is 4.52. The standard InChI is InChI=1S/C8H10IN3O4/c1-10-8(13)16-7-11-5(14-2)4(9)6(12-7)15-3/h1-3H3,(H,10,13). The highest BCUT2D eigenvalue weighted by molar-refractivity contribution is 14.1. The van der Waals surface area contributed by atoms with Gasteiger partial charge in [0, 0.05) is 7.05 Å². The van der Waals surface area contributed by atoms with Gasteiger partial charge in [-0.2, -0.15) is 9.97 Å². The lowest BCUT2D eigenvalue weighted by molar-refractivity contribution is 0.197. The molecule has 0 aliphatic carbocycles. The van der Waals surface area contributed by atoms with Crippen molar-refractivity contribution in [3.05, 3.63) is 3.57 Å². The smallest absolute Gasteiger partial charge is 0.414 e. The maximum Gasteiger partial charge on any atom is 0.414 e. The molecular weight excluding hydrogens is 329 g/mol. The summed E-state index contributed by atoms with van der Waals surface area (Å²) >= 11 is 1.97. The number of carbonyl (C=O) groups is 1. The molecule has 1 rings (SSSR count). The van der Waals surface area contributed by atoms with E-state index in [1.54, 1.807) is 0 Å². The molecule has 1 aromatic heterocycles. The van der Waals surface area contributed by atoms with Crippen LogP contribution < -0.4 is 19.5 Å². The second kappa shape index (κ2) is 5.68. The zero-order chi connectivity index (χ0) is 12.1. The van der Waals surface area contributed by atoms with Crippen molar-refractivity contribution in [3.8, 4) is 17.8 Å². The van der Waals surface area contributed by atoms with Crippen LogP contribution in [0, 0.1) is 3.57 Å². The third kappa shape index (κ3) is 2.84. The first-order valence-electron chi connectivity index (χ1n) is 4.17. The largest absolute Gasteiger partial charge is 0.480 e. The number of hydrogen-bond donors (Lipinski definition) is 1. The summed E-state index contributed by atoms with van der Waals surface area (Å²) in [6.45, 7) is 0. The number of rotatable bonds is 3. The monoisotopic (exact) mass is 339 g/mol. The van der Waals surface area contributed by atoms with Gasteiger partial charge in [-0.05, 0) is 22.6 Å². The Morgan fingerprint density at radius 1 is 1.25 bits per heavy atom. The molecular formula is C8H10IN3O4. The number of aromatic nitrogens is 2. The molecule has 1 aromatic rings. The summed E-state index contributed by atoms with van der Waals surface area (Å²) in [4.78, 5) is 18.7. The van der Waals surface area contributed by atoms with Crippen molar-refractivity contribution >= 4 is 28.7 Å². The topological polar surface area (TPSA) is 82.6 Å². The molecule has 0 bridgehead atoms. The van der Waals surface area contributed by atoms with E-state index < -0.39 is 6.09 Å². The van der Waals surface area contributed by atoms with E-state index in [4.69, 9.17) is 14.2 Å². The van der Waals surface area contributed by atoms with Gasteiger partial charge < -0.3 is 19.5 Å². The molecule has 0 fully saturated rings. The van der Waals surface area contributed by atoms with Crippen molar-refractivity contribution < 1.29 is 19.0 Å². The number of amides is 1.